The Balaban J connectivity index is 1.51. The molecule has 0 spiro atoms. The Bertz CT molecular complexity index is 1060. The summed E-state index contributed by atoms with van der Waals surface area (Å²) in [5, 5.41) is 3.02. The van der Waals surface area contributed by atoms with Crippen LogP contribution in [0.2, 0.25) is 5.02 Å². The molecular formula is C23H22BrClN2O6. The van der Waals surface area contributed by atoms with E-state index in [0.717, 1.165) is 6.42 Å². The van der Waals surface area contributed by atoms with E-state index >= 15 is 0 Å². The summed E-state index contributed by atoms with van der Waals surface area (Å²) >= 11 is 9.25. The number of anilines is 2. The van der Waals surface area contributed by atoms with Gasteiger partial charge in [0.25, 0.3) is 5.91 Å². The lowest BCUT2D eigenvalue weighted by molar-refractivity contribution is -0.151. The number of carbonyl (C=O) groups is 4. The number of hydrogen-bond acceptors (Lipinski definition) is 6. The molecule has 0 unspecified atom stereocenters. The summed E-state index contributed by atoms with van der Waals surface area (Å²) in [6.45, 7) is 1.89. The van der Waals surface area contributed by atoms with Gasteiger partial charge in [0.1, 0.15) is 0 Å². The van der Waals surface area contributed by atoms with Crippen LogP contribution in [-0.2, 0) is 23.9 Å². The van der Waals surface area contributed by atoms with E-state index in [9.17, 15) is 19.2 Å². The number of hydrogen-bond donors (Lipinski definition) is 1. The Morgan fingerprint density at radius 2 is 1.88 bits per heavy atom. The lowest BCUT2D eigenvalue weighted by atomic mass is 10.1. The molecule has 2 amide bonds. The molecule has 1 aliphatic rings. The van der Waals surface area contributed by atoms with Crippen molar-refractivity contribution in [2.45, 2.75) is 19.8 Å². The summed E-state index contributed by atoms with van der Waals surface area (Å²) in [5.41, 5.74) is 1.41. The van der Waals surface area contributed by atoms with Gasteiger partial charge in [-0.1, -0.05) is 18.5 Å². The molecule has 174 valence electrons. The molecule has 1 saturated heterocycles. The number of ether oxygens (including phenoxy) is 2. The minimum atomic E-state index is -0.693. The SMILES string of the molecule is CCCOC(=O)c1ccc(N2C[C@@H](C(=O)OCC(=O)Nc3ccc(Br)c(Cl)c3)CC2=O)cc1. The average Bonchev–Trinajstić information content (AvgIpc) is 3.20. The van der Waals surface area contributed by atoms with Crippen LogP contribution in [0.1, 0.15) is 30.1 Å². The van der Waals surface area contributed by atoms with Crippen LogP contribution in [0, 0.1) is 5.92 Å². The molecule has 0 radical (unpaired) electrons. The second kappa shape index (κ2) is 11.3. The lowest BCUT2D eigenvalue weighted by Crippen LogP contribution is -2.28. The van der Waals surface area contributed by atoms with Gasteiger partial charge >= 0.3 is 11.9 Å². The zero-order valence-corrected chi connectivity index (χ0v) is 20.1. The molecule has 1 aliphatic heterocycles. The highest BCUT2D eigenvalue weighted by Gasteiger charge is 2.36. The van der Waals surface area contributed by atoms with Gasteiger partial charge < -0.3 is 19.7 Å². The molecule has 1 N–H and O–H groups in total. The molecule has 10 heteroatoms. The van der Waals surface area contributed by atoms with Crippen LogP contribution >= 0.6 is 27.5 Å². The Morgan fingerprint density at radius 1 is 1.15 bits per heavy atom. The molecule has 33 heavy (non-hydrogen) atoms. The van der Waals surface area contributed by atoms with Crippen LogP contribution in [0.3, 0.4) is 0 Å². The van der Waals surface area contributed by atoms with E-state index in [1.54, 1.807) is 42.5 Å². The van der Waals surface area contributed by atoms with Crippen molar-refractivity contribution in [2.75, 3.05) is 30.0 Å². The lowest BCUT2D eigenvalue weighted by Gasteiger charge is -2.17. The summed E-state index contributed by atoms with van der Waals surface area (Å²) in [6, 6.07) is 11.3. The van der Waals surface area contributed by atoms with E-state index in [-0.39, 0.29) is 18.9 Å². The second-order valence-corrected chi connectivity index (χ2v) is 8.63. The number of nitrogens with one attached hydrogen (secondary N) is 1. The van der Waals surface area contributed by atoms with Gasteiger partial charge in [-0.25, -0.2) is 4.79 Å². The third-order valence-electron chi connectivity index (χ3n) is 4.86. The fourth-order valence-corrected chi connectivity index (χ4v) is 3.62. The predicted octanol–water partition coefficient (Wildman–Crippen LogP) is 4.20. The molecule has 8 nitrogen and oxygen atoms in total. The summed E-state index contributed by atoms with van der Waals surface area (Å²) < 4.78 is 10.9. The van der Waals surface area contributed by atoms with E-state index in [1.165, 1.54) is 4.90 Å². The van der Waals surface area contributed by atoms with Gasteiger partial charge in [-0.3, -0.25) is 14.4 Å². The Hall–Kier alpha value is -2.91. The maximum atomic E-state index is 12.4. The van der Waals surface area contributed by atoms with Crippen LogP contribution in [0.4, 0.5) is 11.4 Å². The minimum absolute atomic E-state index is 0.0247. The predicted molar refractivity (Wildman–Crippen MR) is 126 cm³/mol. The number of rotatable bonds is 8. The molecule has 3 rings (SSSR count). The summed E-state index contributed by atoms with van der Waals surface area (Å²) in [6.07, 6.45) is 0.701. The van der Waals surface area contributed by atoms with Gasteiger partial charge in [-0.05, 0) is 64.8 Å². The van der Waals surface area contributed by atoms with E-state index in [4.69, 9.17) is 21.1 Å². The summed E-state index contributed by atoms with van der Waals surface area (Å²) in [4.78, 5) is 50.3. The van der Waals surface area contributed by atoms with Gasteiger partial charge in [0.2, 0.25) is 5.91 Å². The maximum Gasteiger partial charge on any atom is 0.338 e. The second-order valence-electron chi connectivity index (χ2n) is 7.37. The Morgan fingerprint density at radius 3 is 2.55 bits per heavy atom. The van der Waals surface area contributed by atoms with E-state index in [0.29, 0.717) is 33.0 Å². The van der Waals surface area contributed by atoms with Crippen molar-refractivity contribution in [1.29, 1.82) is 0 Å². The monoisotopic (exact) mass is 536 g/mol. The normalized spacial score (nSPS) is 15.3. The molecule has 2 aromatic rings. The van der Waals surface area contributed by atoms with Crippen molar-refractivity contribution in [3.8, 4) is 0 Å². The first-order valence-electron chi connectivity index (χ1n) is 10.3. The van der Waals surface area contributed by atoms with Gasteiger partial charge in [0.05, 0.1) is 23.1 Å². The third-order valence-corrected chi connectivity index (χ3v) is 6.09. The third kappa shape index (κ3) is 6.55. The van der Waals surface area contributed by atoms with Gasteiger partial charge in [-0.15, -0.1) is 0 Å². The van der Waals surface area contributed by atoms with Crippen molar-refractivity contribution in [1.82, 2.24) is 0 Å². The number of halogens is 2. The van der Waals surface area contributed by atoms with E-state index in [2.05, 4.69) is 21.2 Å². The summed E-state index contributed by atoms with van der Waals surface area (Å²) in [7, 11) is 0. The molecule has 1 heterocycles. The largest absolute Gasteiger partial charge is 0.462 e. The van der Waals surface area contributed by atoms with Crippen molar-refractivity contribution in [3.05, 3.63) is 57.5 Å². The first-order valence-corrected chi connectivity index (χ1v) is 11.4. The van der Waals surface area contributed by atoms with Crippen molar-refractivity contribution >= 4 is 62.7 Å². The van der Waals surface area contributed by atoms with Crippen LogP contribution in [0.5, 0.6) is 0 Å². The summed E-state index contributed by atoms with van der Waals surface area (Å²) in [5.74, 6) is -2.52. The van der Waals surface area contributed by atoms with Crippen LogP contribution < -0.4 is 10.2 Å². The number of nitrogens with zero attached hydrogens (tertiary/aromatic N) is 1. The van der Waals surface area contributed by atoms with Crippen LogP contribution in [-0.4, -0.2) is 43.5 Å². The number of esters is 2. The molecule has 1 fully saturated rings. The standard InChI is InChI=1S/C23H22BrClN2O6/c1-2-9-32-22(30)14-3-6-17(7-4-14)27-12-15(10-21(27)29)23(31)33-13-20(28)26-16-5-8-18(24)19(25)11-16/h3-8,11,15H,2,9-10,12-13H2,1H3,(H,26,28)/t15-/m0/s1. The average molecular weight is 538 g/mol. The first-order chi connectivity index (χ1) is 15.8. The fourth-order valence-electron chi connectivity index (χ4n) is 3.20. The highest BCUT2D eigenvalue weighted by atomic mass is 79.9. The smallest absolute Gasteiger partial charge is 0.338 e. The molecule has 0 aliphatic carbocycles. The molecule has 1 atom stereocenters. The van der Waals surface area contributed by atoms with Gasteiger partial charge in [0.15, 0.2) is 6.61 Å². The number of carbonyl (C=O) groups excluding carboxylic acids is 4. The topological polar surface area (TPSA) is 102 Å². The molecule has 2 aromatic carbocycles. The van der Waals surface area contributed by atoms with Gasteiger partial charge in [0, 0.05) is 28.8 Å². The van der Waals surface area contributed by atoms with Crippen LogP contribution in [0.15, 0.2) is 46.9 Å². The maximum absolute atomic E-state index is 12.4. The van der Waals surface area contributed by atoms with E-state index in [1.807, 2.05) is 6.92 Å². The zero-order chi connectivity index (χ0) is 24.0. The molecular weight excluding hydrogens is 516 g/mol. The minimum Gasteiger partial charge on any atom is -0.462 e. The van der Waals surface area contributed by atoms with Gasteiger partial charge in [-0.2, -0.15) is 0 Å². The van der Waals surface area contributed by atoms with Crippen LogP contribution in [0.25, 0.3) is 0 Å². The number of amides is 2. The number of benzene rings is 2. The molecule has 0 bridgehead atoms. The van der Waals surface area contributed by atoms with Crippen molar-refractivity contribution in [2.24, 2.45) is 5.92 Å². The van der Waals surface area contributed by atoms with Crippen molar-refractivity contribution < 1.29 is 28.7 Å². The fraction of sp³-hybridized carbons (Fsp3) is 0.304. The Labute approximate surface area is 204 Å². The van der Waals surface area contributed by atoms with E-state index < -0.39 is 30.4 Å². The molecule has 0 aromatic heterocycles. The highest BCUT2D eigenvalue weighted by Crippen LogP contribution is 2.27. The van der Waals surface area contributed by atoms with Crippen molar-refractivity contribution in [3.63, 3.8) is 0 Å². The first kappa shape index (κ1) is 24.7. The zero-order valence-electron chi connectivity index (χ0n) is 17.8. The molecule has 0 saturated carbocycles. The Kier molecular flexibility index (Phi) is 8.46. The highest BCUT2D eigenvalue weighted by molar-refractivity contribution is 9.10. The quantitative estimate of drug-likeness (QED) is 0.506.